The van der Waals surface area contributed by atoms with E-state index in [1.165, 1.54) is 6.42 Å². The van der Waals surface area contributed by atoms with Gasteiger partial charge in [0.25, 0.3) is 0 Å². The molecule has 0 aliphatic heterocycles. The molecule has 0 amide bonds. The van der Waals surface area contributed by atoms with E-state index in [0.29, 0.717) is 6.61 Å². The summed E-state index contributed by atoms with van der Waals surface area (Å²) in [5.74, 6) is 0.795. The van der Waals surface area contributed by atoms with Crippen LogP contribution in [0.4, 0.5) is 0 Å². The molecule has 1 aromatic carbocycles. The highest BCUT2D eigenvalue weighted by Gasteiger charge is 2.29. The second-order valence-corrected chi connectivity index (χ2v) is 5.43. The monoisotopic (exact) mass is 249 g/mol. The van der Waals surface area contributed by atoms with Gasteiger partial charge in [0.15, 0.2) is 0 Å². The van der Waals surface area contributed by atoms with E-state index in [0.717, 1.165) is 37.0 Å². The maximum absolute atomic E-state index is 10.4. The molecule has 1 atom stereocenters. The zero-order chi connectivity index (χ0) is 13.0. The van der Waals surface area contributed by atoms with Gasteiger partial charge in [0.2, 0.25) is 0 Å². The second kappa shape index (κ2) is 5.72. The third-order valence-corrected chi connectivity index (χ3v) is 3.68. The first-order valence-corrected chi connectivity index (χ1v) is 6.80. The summed E-state index contributed by atoms with van der Waals surface area (Å²) in [5, 5.41) is 10.4. The van der Waals surface area contributed by atoms with Crippen LogP contribution in [0, 0.1) is 0 Å². The first-order chi connectivity index (χ1) is 8.59. The fraction of sp³-hybridized carbons (Fsp3) is 0.600. The SMILES string of the molecule is C[C@@H](N)c1cccc(OCC2(O)CCCCC2)c1. The van der Waals surface area contributed by atoms with Gasteiger partial charge in [-0.25, -0.2) is 0 Å². The lowest BCUT2D eigenvalue weighted by Crippen LogP contribution is -2.37. The molecular formula is C15H23NO2. The summed E-state index contributed by atoms with van der Waals surface area (Å²) in [6.07, 6.45) is 5.11. The van der Waals surface area contributed by atoms with Crippen molar-refractivity contribution in [1.29, 1.82) is 0 Å². The molecular weight excluding hydrogens is 226 g/mol. The summed E-state index contributed by atoms with van der Waals surface area (Å²) in [6, 6.07) is 7.81. The number of hydrogen-bond donors (Lipinski definition) is 2. The number of ether oxygens (including phenoxy) is 1. The van der Waals surface area contributed by atoms with Gasteiger partial charge in [-0.15, -0.1) is 0 Å². The van der Waals surface area contributed by atoms with Crippen molar-refractivity contribution >= 4 is 0 Å². The van der Waals surface area contributed by atoms with Crippen LogP contribution in [0.3, 0.4) is 0 Å². The average Bonchev–Trinajstić information content (AvgIpc) is 2.38. The molecule has 0 spiro atoms. The highest BCUT2D eigenvalue weighted by molar-refractivity contribution is 5.30. The van der Waals surface area contributed by atoms with Crippen LogP contribution in [0.25, 0.3) is 0 Å². The third kappa shape index (κ3) is 3.47. The predicted molar refractivity (Wildman–Crippen MR) is 72.6 cm³/mol. The third-order valence-electron chi connectivity index (χ3n) is 3.68. The Balaban J connectivity index is 1.95. The van der Waals surface area contributed by atoms with Crippen molar-refractivity contribution in [2.24, 2.45) is 5.73 Å². The minimum atomic E-state index is -0.636. The van der Waals surface area contributed by atoms with Gasteiger partial charge in [0, 0.05) is 6.04 Å². The zero-order valence-electron chi connectivity index (χ0n) is 11.1. The van der Waals surface area contributed by atoms with Crippen molar-refractivity contribution in [3.63, 3.8) is 0 Å². The Morgan fingerprint density at radius 2 is 2.06 bits per heavy atom. The first kappa shape index (κ1) is 13.4. The number of rotatable bonds is 4. The van der Waals surface area contributed by atoms with E-state index >= 15 is 0 Å². The Kier molecular flexibility index (Phi) is 4.25. The number of aliphatic hydroxyl groups is 1. The van der Waals surface area contributed by atoms with Gasteiger partial charge in [-0.3, -0.25) is 0 Å². The van der Waals surface area contributed by atoms with E-state index in [4.69, 9.17) is 10.5 Å². The van der Waals surface area contributed by atoms with Crippen LogP contribution in [0.5, 0.6) is 5.75 Å². The summed E-state index contributed by atoms with van der Waals surface area (Å²) in [4.78, 5) is 0. The quantitative estimate of drug-likeness (QED) is 0.862. The highest BCUT2D eigenvalue weighted by Crippen LogP contribution is 2.29. The molecule has 0 unspecified atom stereocenters. The van der Waals surface area contributed by atoms with Crippen LogP contribution in [-0.4, -0.2) is 17.3 Å². The van der Waals surface area contributed by atoms with Gasteiger partial charge in [-0.2, -0.15) is 0 Å². The lowest BCUT2D eigenvalue weighted by Gasteiger charge is -2.31. The van der Waals surface area contributed by atoms with E-state index in [2.05, 4.69) is 0 Å². The highest BCUT2D eigenvalue weighted by atomic mass is 16.5. The fourth-order valence-corrected chi connectivity index (χ4v) is 2.46. The molecule has 1 aliphatic carbocycles. The normalized spacial score (nSPS) is 20.4. The van der Waals surface area contributed by atoms with Crippen LogP contribution in [0.2, 0.25) is 0 Å². The van der Waals surface area contributed by atoms with E-state index in [-0.39, 0.29) is 6.04 Å². The molecule has 1 saturated carbocycles. The Morgan fingerprint density at radius 1 is 1.33 bits per heavy atom. The molecule has 100 valence electrons. The fourth-order valence-electron chi connectivity index (χ4n) is 2.46. The smallest absolute Gasteiger partial charge is 0.119 e. The molecule has 3 N–H and O–H groups in total. The van der Waals surface area contributed by atoms with Crippen LogP contribution in [0.1, 0.15) is 50.6 Å². The van der Waals surface area contributed by atoms with Crippen LogP contribution < -0.4 is 10.5 Å². The molecule has 0 heterocycles. The van der Waals surface area contributed by atoms with Gasteiger partial charge in [-0.05, 0) is 37.5 Å². The Bertz CT molecular complexity index is 384. The van der Waals surface area contributed by atoms with Crippen molar-refractivity contribution in [2.45, 2.75) is 50.7 Å². The lowest BCUT2D eigenvalue weighted by molar-refractivity contribution is -0.0339. The maximum atomic E-state index is 10.4. The minimum absolute atomic E-state index is 0.00585. The van der Waals surface area contributed by atoms with Crippen molar-refractivity contribution in [2.75, 3.05) is 6.61 Å². The second-order valence-electron chi connectivity index (χ2n) is 5.43. The maximum Gasteiger partial charge on any atom is 0.119 e. The van der Waals surface area contributed by atoms with Crippen molar-refractivity contribution in [1.82, 2.24) is 0 Å². The largest absolute Gasteiger partial charge is 0.491 e. The summed E-state index contributed by atoms with van der Waals surface area (Å²) in [5.41, 5.74) is 6.26. The van der Waals surface area contributed by atoms with Crippen molar-refractivity contribution in [3.8, 4) is 5.75 Å². The summed E-state index contributed by atoms with van der Waals surface area (Å²) >= 11 is 0. The molecule has 1 aliphatic rings. The van der Waals surface area contributed by atoms with Crippen molar-refractivity contribution < 1.29 is 9.84 Å². The Hall–Kier alpha value is -1.06. The number of benzene rings is 1. The first-order valence-electron chi connectivity index (χ1n) is 6.80. The molecule has 0 aromatic heterocycles. The van der Waals surface area contributed by atoms with Gasteiger partial charge in [-0.1, -0.05) is 31.4 Å². The lowest BCUT2D eigenvalue weighted by atomic mass is 9.85. The molecule has 1 aromatic rings. The van der Waals surface area contributed by atoms with Crippen molar-refractivity contribution in [3.05, 3.63) is 29.8 Å². The van der Waals surface area contributed by atoms with Crippen LogP contribution in [0.15, 0.2) is 24.3 Å². The zero-order valence-corrected chi connectivity index (χ0v) is 11.1. The number of hydrogen-bond acceptors (Lipinski definition) is 3. The van der Waals surface area contributed by atoms with Gasteiger partial charge in [0.1, 0.15) is 12.4 Å². The van der Waals surface area contributed by atoms with Gasteiger partial charge < -0.3 is 15.6 Å². The van der Waals surface area contributed by atoms with E-state index in [1.54, 1.807) is 0 Å². The van der Waals surface area contributed by atoms with E-state index in [9.17, 15) is 5.11 Å². The predicted octanol–water partition coefficient (Wildman–Crippen LogP) is 2.78. The van der Waals surface area contributed by atoms with Gasteiger partial charge in [0.05, 0.1) is 5.60 Å². The molecule has 0 bridgehead atoms. The van der Waals surface area contributed by atoms with Gasteiger partial charge >= 0.3 is 0 Å². The van der Waals surface area contributed by atoms with E-state index < -0.39 is 5.60 Å². The van der Waals surface area contributed by atoms with Crippen LogP contribution >= 0.6 is 0 Å². The molecule has 1 fully saturated rings. The molecule has 3 heteroatoms. The average molecular weight is 249 g/mol. The topological polar surface area (TPSA) is 55.5 Å². The molecule has 2 rings (SSSR count). The Morgan fingerprint density at radius 3 is 2.72 bits per heavy atom. The summed E-state index contributed by atoms with van der Waals surface area (Å²) < 4.78 is 5.73. The molecule has 0 radical (unpaired) electrons. The summed E-state index contributed by atoms with van der Waals surface area (Å²) in [6.45, 7) is 2.34. The Labute approximate surface area is 109 Å². The van der Waals surface area contributed by atoms with Crippen LogP contribution in [-0.2, 0) is 0 Å². The van der Waals surface area contributed by atoms with E-state index in [1.807, 2.05) is 31.2 Å². The standard InChI is InChI=1S/C15H23NO2/c1-12(16)13-6-5-7-14(10-13)18-11-15(17)8-3-2-4-9-15/h5-7,10,12,17H,2-4,8-9,11,16H2,1H3/t12-/m1/s1. The molecule has 0 saturated heterocycles. The number of nitrogens with two attached hydrogens (primary N) is 1. The molecule has 18 heavy (non-hydrogen) atoms. The minimum Gasteiger partial charge on any atom is -0.491 e. The molecule has 3 nitrogen and oxygen atoms in total. The summed E-state index contributed by atoms with van der Waals surface area (Å²) in [7, 11) is 0.